The van der Waals surface area contributed by atoms with Crippen LogP contribution < -0.4 is 5.56 Å². The quantitative estimate of drug-likeness (QED) is 0.899. The predicted octanol–water partition coefficient (Wildman–Crippen LogP) is 0.913. The van der Waals surface area contributed by atoms with Crippen LogP contribution >= 0.6 is 0 Å². The van der Waals surface area contributed by atoms with E-state index in [0.717, 1.165) is 18.4 Å². The molecule has 1 aliphatic carbocycles. The van der Waals surface area contributed by atoms with Gasteiger partial charge < -0.3 is 9.88 Å². The topological polar surface area (TPSA) is 71.0 Å². The van der Waals surface area contributed by atoms with Crippen LogP contribution in [-0.4, -0.2) is 31.6 Å². The van der Waals surface area contributed by atoms with Crippen LogP contribution in [0.2, 0.25) is 0 Å². The Labute approximate surface area is 116 Å². The van der Waals surface area contributed by atoms with Gasteiger partial charge in [-0.25, -0.2) is 0 Å². The summed E-state index contributed by atoms with van der Waals surface area (Å²) in [4.78, 5) is 28.0. The first-order chi connectivity index (χ1) is 9.63. The Morgan fingerprint density at radius 1 is 1.50 bits per heavy atom. The lowest BCUT2D eigenvalue weighted by atomic mass is 10.2. The molecule has 2 heterocycles. The number of carbonyl (C=O) groups excluding carboxylic acids is 1. The number of rotatable bonds is 4. The zero-order valence-corrected chi connectivity index (χ0v) is 11.2. The normalized spacial score (nSPS) is 14.2. The largest absolute Gasteiger partial charge is 0.331 e. The molecule has 0 spiro atoms. The van der Waals surface area contributed by atoms with E-state index in [1.165, 1.54) is 12.3 Å². The third kappa shape index (κ3) is 2.64. The van der Waals surface area contributed by atoms with Crippen LogP contribution in [0.5, 0.6) is 0 Å². The van der Waals surface area contributed by atoms with Crippen molar-refractivity contribution in [3.8, 4) is 0 Å². The summed E-state index contributed by atoms with van der Waals surface area (Å²) in [5, 5.41) is 4.12. The minimum Gasteiger partial charge on any atom is -0.331 e. The molecule has 0 radical (unpaired) electrons. The van der Waals surface area contributed by atoms with Gasteiger partial charge in [-0.3, -0.25) is 14.3 Å². The Balaban J connectivity index is 1.81. The Morgan fingerprint density at radius 2 is 2.30 bits per heavy atom. The molecule has 6 heteroatoms. The number of carbonyl (C=O) groups is 1. The van der Waals surface area contributed by atoms with Crippen LogP contribution in [0.25, 0.3) is 0 Å². The molecule has 0 aliphatic heterocycles. The van der Waals surface area contributed by atoms with Crippen LogP contribution in [0.1, 0.15) is 28.8 Å². The summed E-state index contributed by atoms with van der Waals surface area (Å²) in [6.07, 6.45) is 7.24. The number of H-pyrrole nitrogens is 1. The highest BCUT2D eigenvalue weighted by molar-refractivity contribution is 5.94. The molecule has 6 nitrogen and oxygen atoms in total. The van der Waals surface area contributed by atoms with Crippen molar-refractivity contribution < 1.29 is 4.79 Å². The van der Waals surface area contributed by atoms with E-state index in [-0.39, 0.29) is 11.5 Å². The molecule has 0 unspecified atom stereocenters. The second kappa shape index (κ2) is 4.96. The van der Waals surface area contributed by atoms with E-state index in [4.69, 9.17) is 0 Å². The van der Waals surface area contributed by atoms with E-state index in [0.29, 0.717) is 18.2 Å². The van der Waals surface area contributed by atoms with Gasteiger partial charge in [-0.1, -0.05) is 0 Å². The number of hydrogen-bond donors (Lipinski definition) is 1. The SMILES string of the molecule is Cn1cc(CN(C(=O)c2ccc(=O)[nH]c2)C2CC2)cn1. The van der Waals surface area contributed by atoms with E-state index in [9.17, 15) is 9.59 Å². The minimum absolute atomic E-state index is 0.0485. The lowest BCUT2D eigenvalue weighted by Gasteiger charge is -2.21. The third-order valence-corrected chi connectivity index (χ3v) is 3.39. The van der Waals surface area contributed by atoms with Crippen molar-refractivity contribution in [2.24, 2.45) is 7.05 Å². The lowest BCUT2D eigenvalue weighted by Crippen LogP contribution is -2.32. The molecule has 2 aromatic heterocycles. The maximum absolute atomic E-state index is 12.5. The van der Waals surface area contributed by atoms with E-state index in [1.54, 1.807) is 16.9 Å². The molecule has 104 valence electrons. The van der Waals surface area contributed by atoms with Gasteiger partial charge in [0.05, 0.1) is 11.8 Å². The maximum atomic E-state index is 12.5. The van der Waals surface area contributed by atoms with E-state index >= 15 is 0 Å². The number of nitrogens with one attached hydrogen (secondary N) is 1. The number of aromatic nitrogens is 3. The molecule has 3 rings (SSSR count). The van der Waals surface area contributed by atoms with Crippen molar-refractivity contribution in [1.82, 2.24) is 19.7 Å². The average Bonchev–Trinajstić information content (AvgIpc) is 3.19. The number of amides is 1. The molecule has 20 heavy (non-hydrogen) atoms. The summed E-state index contributed by atoms with van der Waals surface area (Å²) < 4.78 is 1.73. The second-order valence-corrected chi connectivity index (χ2v) is 5.13. The first kappa shape index (κ1) is 12.7. The Morgan fingerprint density at radius 3 is 2.85 bits per heavy atom. The fourth-order valence-corrected chi connectivity index (χ4v) is 2.21. The summed E-state index contributed by atoms with van der Waals surface area (Å²) in [5.41, 5.74) is 1.32. The van der Waals surface area contributed by atoms with Gasteiger partial charge in [-0.15, -0.1) is 0 Å². The molecule has 1 saturated carbocycles. The number of pyridine rings is 1. The van der Waals surface area contributed by atoms with Gasteiger partial charge in [-0.05, 0) is 18.9 Å². The van der Waals surface area contributed by atoms with Crippen LogP contribution in [-0.2, 0) is 13.6 Å². The lowest BCUT2D eigenvalue weighted by molar-refractivity contribution is 0.0729. The molecular weight excluding hydrogens is 256 g/mol. The van der Waals surface area contributed by atoms with Gasteiger partial charge in [0.25, 0.3) is 5.91 Å². The van der Waals surface area contributed by atoms with Gasteiger partial charge in [-0.2, -0.15) is 5.10 Å². The van der Waals surface area contributed by atoms with Crippen LogP contribution in [0.15, 0.2) is 35.5 Å². The van der Waals surface area contributed by atoms with Crippen molar-refractivity contribution in [3.05, 3.63) is 52.2 Å². The van der Waals surface area contributed by atoms with Crippen LogP contribution in [0.3, 0.4) is 0 Å². The standard InChI is InChI=1S/C14H16N4O2/c1-17-8-10(6-16-17)9-18(12-3-4-12)14(20)11-2-5-13(19)15-7-11/h2,5-8,12H,3-4,9H2,1H3,(H,15,19). The van der Waals surface area contributed by atoms with Crippen LogP contribution in [0, 0.1) is 0 Å². The van der Waals surface area contributed by atoms with Gasteiger partial charge in [0.2, 0.25) is 5.56 Å². The second-order valence-electron chi connectivity index (χ2n) is 5.13. The van der Waals surface area contributed by atoms with Gasteiger partial charge in [0.15, 0.2) is 0 Å². The van der Waals surface area contributed by atoms with E-state index in [1.807, 2.05) is 18.1 Å². The highest BCUT2D eigenvalue weighted by Gasteiger charge is 2.33. The predicted molar refractivity (Wildman–Crippen MR) is 73.2 cm³/mol. The van der Waals surface area contributed by atoms with Crippen molar-refractivity contribution in [2.75, 3.05) is 0 Å². The Hall–Kier alpha value is -2.37. The van der Waals surface area contributed by atoms with Gasteiger partial charge in [0, 0.05) is 43.7 Å². The molecule has 1 fully saturated rings. The zero-order valence-electron chi connectivity index (χ0n) is 11.2. The molecule has 0 bridgehead atoms. The Bertz CT molecular complexity index is 664. The van der Waals surface area contributed by atoms with Crippen molar-refractivity contribution in [2.45, 2.75) is 25.4 Å². The molecule has 1 N–H and O–H groups in total. The fourth-order valence-electron chi connectivity index (χ4n) is 2.21. The summed E-state index contributed by atoms with van der Waals surface area (Å²) in [7, 11) is 1.86. The van der Waals surface area contributed by atoms with E-state index < -0.39 is 0 Å². The number of nitrogens with zero attached hydrogens (tertiary/aromatic N) is 3. The molecule has 0 atom stereocenters. The monoisotopic (exact) mass is 272 g/mol. The van der Waals surface area contributed by atoms with Gasteiger partial charge >= 0.3 is 0 Å². The smallest absolute Gasteiger partial charge is 0.255 e. The highest BCUT2D eigenvalue weighted by atomic mass is 16.2. The molecule has 0 saturated heterocycles. The van der Waals surface area contributed by atoms with Gasteiger partial charge in [0.1, 0.15) is 0 Å². The third-order valence-electron chi connectivity index (χ3n) is 3.39. The molecule has 0 aromatic carbocycles. The Kier molecular flexibility index (Phi) is 3.14. The first-order valence-electron chi connectivity index (χ1n) is 6.61. The van der Waals surface area contributed by atoms with Crippen molar-refractivity contribution >= 4 is 5.91 Å². The molecule has 1 aliphatic rings. The average molecular weight is 272 g/mol. The first-order valence-corrected chi connectivity index (χ1v) is 6.61. The zero-order chi connectivity index (χ0) is 14.1. The summed E-state index contributed by atoms with van der Waals surface area (Å²) in [6, 6.07) is 3.25. The van der Waals surface area contributed by atoms with Crippen molar-refractivity contribution in [3.63, 3.8) is 0 Å². The fraction of sp³-hybridized carbons (Fsp3) is 0.357. The molecular formula is C14H16N4O2. The number of aryl methyl sites for hydroxylation is 1. The summed E-state index contributed by atoms with van der Waals surface area (Å²) >= 11 is 0. The molecule has 2 aromatic rings. The van der Waals surface area contributed by atoms with Crippen LogP contribution in [0.4, 0.5) is 0 Å². The minimum atomic E-state index is -0.202. The number of hydrogen-bond acceptors (Lipinski definition) is 3. The summed E-state index contributed by atoms with van der Waals surface area (Å²) in [5.74, 6) is -0.0485. The highest BCUT2D eigenvalue weighted by Crippen LogP contribution is 2.29. The number of aromatic amines is 1. The van der Waals surface area contributed by atoms with E-state index in [2.05, 4.69) is 10.1 Å². The van der Waals surface area contributed by atoms with Crippen molar-refractivity contribution in [1.29, 1.82) is 0 Å². The molecule has 1 amide bonds. The maximum Gasteiger partial charge on any atom is 0.255 e. The summed E-state index contributed by atoms with van der Waals surface area (Å²) in [6.45, 7) is 0.552.